The molecule has 30 heavy (non-hydrogen) atoms. The summed E-state index contributed by atoms with van der Waals surface area (Å²) < 4.78 is 0. The Morgan fingerprint density at radius 2 is 1.77 bits per heavy atom. The van der Waals surface area contributed by atoms with Crippen LogP contribution >= 0.6 is 0 Å². The SMILES string of the molecule is CCNC(=NCCC(=O)N1CCCC(C)C1)NC1CCN(C(=O)C2CCCCC2)C1. The Bertz CT molecular complexity index is 602. The van der Waals surface area contributed by atoms with E-state index in [2.05, 4.69) is 22.5 Å². The van der Waals surface area contributed by atoms with Gasteiger partial charge in [-0.05, 0) is 44.9 Å². The highest BCUT2D eigenvalue weighted by Gasteiger charge is 2.31. The molecular formula is C23H41N5O2. The number of rotatable bonds is 6. The van der Waals surface area contributed by atoms with Crippen molar-refractivity contribution in [3.8, 4) is 0 Å². The van der Waals surface area contributed by atoms with Crippen LogP contribution in [0.3, 0.4) is 0 Å². The van der Waals surface area contributed by atoms with Crippen LogP contribution in [0.4, 0.5) is 0 Å². The molecule has 1 aliphatic carbocycles. The minimum absolute atomic E-state index is 0.214. The molecule has 2 saturated heterocycles. The van der Waals surface area contributed by atoms with E-state index in [1.165, 1.54) is 25.7 Å². The van der Waals surface area contributed by atoms with Gasteiger partial charge in [-0.25, -0.2) is 0 Å². The molecular weight excluding hydrogens is 378 g/mol. The molecule has 7 heteroatoms. The zero-order valence-electron chi connectivity index (χ0n) is 19.0. The molecule has 3 aliphatic rings. The van der Waals surface area contributed by atoms with Gasteiger partial charge in [-0.1, -0.05) is 26.2 Å². The van der Waals surface area contributed by atoms with Crippen molar-refractivity contribution in [1.29, 1.82) is 0 Å². The third-order valence-electron chi connectivity index (χ3n) is 6.74. The van der Waals surface area contributed by atoms with Crippen molar-refractivity contribution in [2.75, 3.05) is 39.3 Å². The van der Waals surface area contributed by atoms with Gasteiger partial charge in [0.2, 0.25) is 11.8 Å². The molecule has 0 radical (unpaired) electrons. The maximum Gasteiger partial charge on any atom is 0.225 e. The van der Waals surface area contributed by atoms with Crippen LogP contribution in [0, 0.1) is 11.8 Å². The van der Waals surface area contributed by atoms with Gasteiger partial charge in [0.25, 0.3) is 0 Å². The molecule has 2 N–H and O–H groups in total. The Labute approximate surface area is 182 Å². The molecule has 2 aliphatic heterocycles. The van der Waals surface area contributed by atoms with E-state index in [9.17, 15) is 9.59 Å². The summed E-state index contributed by atoms with van der Waals surface area (Å²) >= 11 is 0. The molecule has 2 atom stereocenters. The van der Waals surface area contributed by atoms with Crippen LogP contribution in [-0.4, -0.2) is 72.9 Å². The van der Waals surface area contributed by atoms with Crippen LogP contribution in [-0.2, 0) is 9.59 Å². The second-order valence-electron chi connectivity index (χ2n) is 9.35. The van der Waals surface area contributed by atoms with Crippen LogP contribution in [0.5, 0.6) is 0 Å². The largest absolute Gasteiger partial charge is 0.357 e. The van der Waals surface area contributed by atoms with E-state index < -0.39 is 0 Å². The Morgan fingerprint density at radius 3 is 2.50 bits per heavy atom. The van der Waals surface area contributed by atoms with Gasteiger partial charge in [-0.2, -0.15) is 0 Å². The Kier molecular flexibility index (Phi) is 8.82. The van der Waals surface area contributed by atoms with Crippen molar-refractivity contribution in [1.82, 2.24) is 20.4 Å². The van der Waals surface area contributed by atoms with Gasteiger partial charge in [0.05, 0.1) is 6.54 Å². The summed E-state index contributed by atoms with van der Waals surface area (Å²) in [5.74, 6) is 2.16. The minimum atomic E-state index is 0.214. The summed E-state index contributed by atoms with van der Waals surface area (Å²) in [7, 11) is 0. The second-order valence-corrected chi connectivity index (χ2v) is 9.35. The number of nitrogens with zero attached hydrogens (tertiary/aromatic N) is 3. The Balaban J connectivity index is 1.44. The van der Waals surface area contributed by atoms with Gasteiger partial charge < -0.3 is 20.4 Å². The highest BCUT2D eigenvalue weighted by molar-refractivity contribution is 5.82. The predicted molar refractivity (Wildman–Crippen MR) is 120 cm³/mol. The standard InChI is InChI=1S/C23H41N5O2/c1-3-24-23(25-13-11-21(29)27-14-7-8-18(2)16-27)26-20-12-15-28(17-20)22(30)19-9-5-4-6-10-19/h18-20H,3-17H2,1-2H3,(H2,24,25,26). The van der Waals surface area contributed by atoms with Gasteiger partial charge in [-0.3, -0.25) is 14.6 Å². The van der Waals surface area contributed by atoms with Crippen LogP contribution in [0.1, 0.15) is 71.6 Å². The lowest BCUT2D eigenvalue weighted by molar-refractivity contribution is -0.135. The molecule has 7 nitrogen and oxygen atoms in total. The molecule has 0 bridgehead atoms. The van der Waals surface area contributed by atoms with E-state index in [0.717, 1.165) is 64.4 Å². The van der Waals surface area contributed by atoms with Gasteiger partial charge in [0.1, 0.15) is 0 Å². The summed E-state index contributed by atoms with van der Waals surface area (Å²) in [6.07, 6.45) is 9.51. The fourth-order valence-electron chi connectivity index (χ4n) is 5.04. The number of hydrogen-bond donors (Lipinski definition) is 2. The van der Waals surface area contributed by atoms with Crippen LogP contribution in [0.25, 0.3) is 0 Å². The van der Waals surface area contributed by atoms with Gasteiger partial charge in [0, 0.05) is 51.1 Å². The molecule has 2 heterocycles. The number of hydrogen-bond acceptors (Lipinski definition) is 3. The van der Waals surface area contributed by atoms with Crippen LogP contribution in [0.15, 0.2) is 4.99 Å². The Morgan fingerprint density at radius 1 is 0.967 bits per heavy atom. The zero-order valence-corrected chi connectivity index (χ0v) is 19.0. The van der Waals surface area contributed by atoms with Gasteiger partial charge in [-0.15, -0.1) is 0 Å². The lowest BCUT2D eigenvalue weighted by atomic mass is 9.88. The summed E-state index contributed by atoms with van der Waals surface area (Å²) in [5, 5.41) is 6.77. The van der Waals surface area contributed by atoms with Crippen molar-refractivity contribution in [3.63, 3.8) is 0 Å². The lowest BCUT2D eigenvalue weighted by Crippen LogP contribution is -2.45. The number of nitrogens with one attached hydrogen (secondary N) is 2. The first-order valence-corrected chi connectivity index (χ1v) is 12.2. The van der Waals surface area contributed by atoms with E-state index in [0.29, 0.717) is 24.8 Å². The maximum atomic E-state index is 12.8. The monoisotopic (exact) mass is 419 g/mol. The van der Waals surface area contributed by atoms with Crippen molar-refractivity contribution in [2.45, 2.75) is 77.7 Å². The third kappa shape index (κ3) is 6.61. The first kappa shape index (κ1) is 22.9. The van der Waals surface area contributed by atoms with Gasteiger partial charge >= 0.3 is 0 Å². The lowest BCUT2D eigenvalue weighted by Gasteiger charge is -2.30. The van der Waals surface area contributed by atoms with E-state index in [4.69, 9.17) is 0 Å². The molecule has 2 amide bonds. The molecule has 0 aromatic heterocycles. The first-order chi connectivity index (χ1) is 14.6. The van der Waals surface area contributed by atoms with Crippen molar-refractivity contribution >= 4 is 17.8 Å². The van der Waals surface area contributed by atoms with E-state index in [1.54, 1.807) is 0 Å². The molecule has 1 saturated carbocycles. The average Bonchev–Trinajstić information content (AvgIpc) is 3.22. The summed E-state index contributed by atoms with van der Waals surface area (Å²) in [6, 6.07) is 0.231. The second kappa shape index (κ2) is 11.6. The topological polar surface area (TPSA) is 77.0 Å². The van der Waals surface area contributed by atoms with Crippen molar-refractivity contribution < 1.29 is 9.59 Å². The average molecular weight is 420 g/mol. The molecule has 3 rings (SSSR count). The zero-order chi connectivity index (χ0) is 21.3. The number of carbonyl (C=O) groups is 2. The van der Waals surface area contributed by atoms with Crippen LogP contribution in [0.2, 0.25) is 0 Å². The molecule has 170 valence electrons. The number of aliphatic imine (C=N–C) groups is 1. The quantitative estimate of drug-likeness (QED) is 0.512. The summed E-state index contributed by atoms with van der Waals surface area (Å²) in [4.78, 5) is 33.9. The summed E-state index contributed by atoms with van der Waals surface area (Å²) in [6.45, 7) is 8.89. The first-order valence-electron chi connectivity index (χ1n) is 12.2. The summed E-state index contributed by atoms with van der Waals surface area (Å²) in [5.41, 5.74) is 0. The van der Waals surface area contributed by atoms with Gasteiger partial charge in [0.15, 0.2) is 5.96 Å². The fraction of sp³-hybridized carbons (Fsp3) is 0.870. The smallest absolute Gasteiger partial charge is 0.225 e. The van der Waals surface area contributed by atoms with Crippen molar-refractivity contribution in [3.05, 3.63) is 0 Å². The van der Waals surface area contributed by atoms with E-state index >= 15 is 0 Å². The highest BCUT2D eigenvalue weighted by Crippen LogP contribution is 2.26. The molecule has 3 fully saturated rings. The molecule has 0 aromatic rings. The van der Waals surface area contributed by atoms with Crippen LogP contribution < -0.4 is 10.6 Å². The highest BCUT2D eigenvalue weighted by atomic mass is 16.2. The third-order valence-corrected chi connectivity index (χ3v) is 6.74. The number of amides is 2. The minimum Gasteiger partial charge on any atom is -0.357 e. The Hall–Kier alpha value is -1.79. The predicted octanol–water partition coefficient (Wildman–Crippen LogP) is 2.37. The number of carbonyl (C=O) groups excluding carboxylic acids is 2. The molecule has 0 aromatic carbocycles. The number of guanidine groups is 1. The molecule has 0 spiro atoms. The van der Waals surface area contributed by atoms with E-state index in [1.807, 2.05) is 16.7 Å². The maximum absolute atomic E-state index is 12.8. The van der Waals surface area contributed by atoms with Crippen molar-refractivity contribution in [2.24, 2.45) is 16.8 Å². The fourth-order valence-corrected chi connectivity index (χ4v) is 5.04. The number of piperidine rings is 1. The normalized spacial score (nSPS) is 26.0. The molecule has 2 unspecified atom stereocenters. The number of likely N-dealkylation sites (tertiary alicyclic amines) is 2. The van der Waals surface area contributed by atoms with E-state index in [-0.39, 0.29) is 17.9 Å².